The second-order valence-corrected chi connectivity index (χ2v) is 4.30. The van der Waals surface area contributed by atoms with Gasteiger partial charge in [0.1, 0.15) is 5.75 Å². The highest BCUT2D eigenvalue weighted by atomic mass is 19.4. The van der Waals surface area contributed by atoms with Crippen molar-refractivity contribution in [3.63, 3.8) is 0 Å². The molecular weight excluding hydrogens is 300 g/mol. The Morgan fingerprint density at radius 3 is 1.81 bits per heavy atom. The summed E-state index contributed by atoms with van der Waals surface area (Å²) in [7, 11) is 1.55. The van der Waals surface area contributed by atoms with Crippen LogP contribution in [0.5, 0.6) is 11.6 Å². The molecule has 0 fully saturated rings. The highest BCUT2D eigenvalue weighted by Crippen LogP contribution is 2.39. The average molecular weight is 309 g/mol. The number of hydrogen-bond acceptors (Lipinski definition) is 1. The Hall–Kier alpha value is -2.12. The van der Waals surface area contributed by atoms with E-state index in [4.69, 9.17) is 4.74 Å². The quantitative estimate of drug-likeness (QED) is 0.723. The van der Waals surface area contributed by atoms with Crippen molar-refractivity contribution < 1.29 is 31.1 Å². The first-order valence-corrected chi connectivity index (χ1v) is 5.66. The van der Waals surface area contributed by atoms with Gasteiger partial charge in [0.15, 0.2) is 5.88 Å². The molecule has 1 heterocycles. The van der Waals surface area contributed by atoms with Gasteiger partial charge in [0.2, 0.25) is 0 Å². The van der Waals surface area contributed by atoms with E-state index in [-0.39, 0.29) is 11.9 Å². The highest BCUT2D eigenvalue weighted by Gasteiger charge is 2.37. The maximum absolute atomic E-state index is 12.7. The van der Waals surface area contributed by atoms with Crippen LogP contribution in [0, 0.1) is 0 Å². The molecule has 0 aliphatic heterocycles. The summed E-state index contributed by atoms with van der Waals surface area (Å²) in [4.78, 5) is 0. The number of rotatable bonds is 2. The molecule has 1 aromatic heterocycles. The number of alkyl halides is 6. The molecule has 0 bridgehead atoms. The van der Waals surface area contributed by atoms with Gasteiger partial charge in [0.05, 0.1) is 11.1 Å². The average Bonchev–Trinajstić information content (AvgIpc) is 2.72. The van der Waals surface area contributed by atoms with E-state index in [1.165, 1.54) is 10.6 Å². The fraction of sp³-hybridized carbons (Fsp3) is 0.231. The molecular formula is C13H9F6NO. The zero-order chi connectivity index (χ0) is 15.8. The van der Waals surface area contributed by atoms with Gasteiger partial charge in [-0.3, -0.25) is 0 Å². The van der Waals surface area contributed by atoms with E-state index in [0.29, 0.717) is 12.1 Å². The fourth-order valence-corrected chi connectivity index (χ4v) is 1.66. The summed E-state index contributed by atoms with van der Waals surface area (Å²) >= 11 is 0. The summed E-state index contributed by atoms with van der Waals surface area (Å²) in [6, 6.07) is 4.09. The molecule has 0 radical (unpaired) electrons. The van der Waals surface area contributed by atoms with E-state index in [1.807, 2.05) is 0 Å². The summed E-state index contributed by atoms with van der Waals surface area (Å²) < 4.78 is 82.5. The third kappa shape index (κ3) is 3.50. The Morgan fingerprint density at radius 2 is 1.43 bits per heavy atom. The summed E-state index contributed by atoms with van der Waals surface area (Å²) in [5, 5.41) is 0. The van der Waals surface area contributed by atoms with Crippen molar-refractivity contribution >= 4 is 0 Å². The predicted octanol–water partition coefficient (Wildman–Crippen LogP) is 4.86. The van der Waals surface area contributed by atoms with Crippen molar-refractivity contribution in [3.05, 3.63) is 47.7 Å². The molecule has 21 heavy (non-hydrogen) atoms. The van der Waals surface area contributed by atoms with Crippen LogP contribution in [-0.2, 0) is 19.4 Å². The lowest BCUT2D eigenvalue weighted by molar-refractivity contribution is -0.143. The van der Waals surface area contributed by atoms with E-state index < -0.39 is 29.2 Å². The molecule has 0 saturated heterocycles. The Bertz CT molecular complexity index is 609. The first-order chi connectivity index (χ1) is 9.57. The van der Waals surface area contributed by atoms with Gasteiger partial charge < -0.3 is 9.30 Å². The first kappa shape index (κ1) is 15.3. The van der Waals surface area contributed by atoms with Crippen molar-refractivity contribution in [1.29, 1.82) is 0 Å². The highest BCUT2D eigenvalue weighted by molar-refractivity contribution is 5.39. The van der Waals surface area contributed by atoms with Gasteiger partial charge in [-0.1, -0.05) is 0 Å². The summed E-state index contributed by atoms with van der Waals surface area (Å²) in [6.45, 7) is 0. The van der Waals surface area contributed by atoms with E-state index >= 15 is 0 Å². The van der Waals surface area contributed by atoms with Crippen molar-refractivity contribution in [1.82, 2.24) is 4.57 Å². The van der Waals surface area contributed by atoms with Gasteiger partial charge in [-0.05, 0) is 24.3 Å². The van der Waals surface area contributed by atoms with Gasteiger partial charge in [0.25, 0.3) is 0 Å². The SMILES string of the molecule is Cn1cccc1Oc1cc(C(F)(F)F)cc(C(F)(F)F)c1. The molecule has 0 amide bonds. The van der Waals surface area contributed by atoms with Gasteiger partial charge in [-0.2, -0.15) is 26.3 Å². The molecule has 8 heteroatoms. The second kappa shape index (κ2) is 5.01. The molecule has 0 aliphatic rings. The predicted molar refractivity (Wildman–Crippen MR) is 61.9 cm³/mol. The maximum atomic E-state index is 12.7. The smallest absolute Gasteiger partial charge is 0.416 e. The van der Waals surface area contributed by atoms with E-state index in [0.717, 1.165) is 0 Å². The van der Waals surface area contributed by atoms with Crippen LogP contribution in [0.2, 0.25) is 0 Å². The minimum Gasteiger partial charge on any atom is -0.441 e. The van der Waals surface area contributed by atoms with Gasteiger partial charge >= 0.3 is 12.4 Å². The molecule has 1 aromatic carbocycles. The van der Waals surface area contributed by atoms with Crippen LogP contribution in [-0.4, -0.2) is 4.57 Å². The lowest BCUT2D eigenvalue weighted by Gasteiger charge is -2.14. The number of aromatic nitrogens is 1. The number of hydrogen-bond donors (Lipinski definition) is 0. The van der Waals surface area contributed by atoms with Crippen molar-refractivity contribution in [2.45, 2.75) is 12.4 Å². The van der Waals surface area contributed by atoms with Gasteiger partial charge in [0, 0.05) is 19.3 Å². The fourth-order valence-electron chi connectivity index (χ4n) is 1.66. The number of benzene rings is 1. The van der Waals surface area contributed by atoms with Crippen LogP contribution in [0.1, 0.15) is 11.1 Å². The Kier molecular flexibility index (Phi) is 3.65. The lowest BCUT2D eigenvalue weighted by atomic mass is 10.1. The van der Waals surface area contributed by atoms with Crippen molar-refractivity contribution in [2.24, 2.45) is 7.05 Å². The van der Waals surface area contributed by atoms with E-state index in [9.17, 15) is 26.3 Å². The standard InChI is InChI=1S/C13H9F6NO/c1-20-4-2-3-11(20)21-10-6-8(12(14,15)16)5-9(7-10)13(17,18)19/h2-7H,1H3. The molecule has 0 N–H and O–H groups in total. The molecule has 2 rings (SSSR count). The third-order valence-electron chi connectivity index (χ3n) is 2.68. The second-order valence-electron chi connectivity index (χ2n) is 4.30. The van der Waals surface area contributed by atoms with Crippen LogP contribution < -0.4 is 4.74 Å². The van der Waals surface area contributed by atoms with Crippen LogP contribution >= 0.6 is 0 Å². The normalized spacial score (nSPS) is 12.5. The molecule has 2 aromatic rings. The minimum absolute atomic E-state index is 0.0534. The van der Waals surface area contributed by atoms with E-state index in [1.54, 1.807) is 19.3 Å². The maximum Gasteiger partial charge on any atom is 0.416 e. The monoisotopic (exact) mass is 309 g/mol. The largest absolute Gasteiger partial charge is 0.441 e. The van der Waals surface area contributed by atoms with Crippen molar-refractivity contribution in [3.8, 4) is 11.6 Å². The third-order valence-corrected chi connectivity index (χ3v) is 2.68. The lowest BCUT2D eigenvalue weighted by Crippen LogP contribution is -2.11. The number of halogens is 6. The first-order valence-electron chi connectivity index (χ1n) is 5.66. The zero-order valence-corrected chi connectivity index (χ0v) is 10.6. The molecule has 0 aliphatic carbocycles. The Morgan fingerprint density at radius 1 is 0.905 bits per heavy atom. The van der Waals surface area contributed by atoms with Crippen molar-refractivity contribution in [2.75, 3.05) is 0 Å². The van der Waals surface area contributed by atoms with Crippen LogP contribution in [0.25, 0.3) is 0 Å². The van der Waals surface area contributed by atoms with Crippen LogP contribution in [0.4, 0.5) is 26.3 Å². The number of nitrogens with zero attached hydrogens (tertiary/aromatic N) is 1. The van der Waals surface area contributed by atoms with Crippen LogP contribution in [0.15, 0.2) is 36.5 Å². The topological polar surface area (TPSA) is 14.2 Å². The summed E-state index contributed by atoms with van der Waals surface area (Å²) in [5.74, 6) is -0.401. The van der Waals surface area contributed by atoms with E-state index in [2.05, 4.69) is 0 Å². The number of aryl methyl sites for hydroxylation is 1. The summed E-state index contributed by atoms with van der Waals surface area (Å²) in [6.07, 6.45) is -8.24. The van der Waals surface area contributed by atoms with Gasteiger partial charge in [-0.15, -0.1) is 0 Å². The number of ether oxygens (including phenoxy) is 1. The van der Waals surface area contributed by atoms with Crippen LogP contribution in [0.3, 0.4) is 0 Å². The molecule has 0 unspecified atom stereocenters. The molecule has 0 saturated carbocycles. The summed E-state index contributed by atoms with van der Waals surface area (Å²) in [5.41, 5.74) is -2.83. The molecule has 0 spiro atoms. The molecule has 0 atom stereocenters. The minimum atomic E-state index is -4.90. The Labute approximate surface area is 115 Å². The molecule has 2 nitrogen and oxygen atoms in total. The molecule has 114 valence electrons. The Balaban J connectivity index is 2.48. The zero-order valence-electron chi connectivity index (χ0n) is 10.6. The van der Waals surface area contributed by atoms with Gasteiger partial charge in [-0.25, -0.2) is 0 Å².